The Labute approximate surface area is 133 Å². The van der Waals surface area contributed by atoms with Crippen LogP contribution in [0.3, 0.4) is 0 Å². The van der Waals surface area contributed by atoms with Gasteiger partial charge in [0.25, 0.3) is 0 Å². The lowest BCUT2D eigenvalue weighted by molar-refractivity contribution is 0.0697. The second kappa shape index (κ2) is 5.43. The molecule has 0 heterocycles. The Morgan fingerprint density at radius 2 is 2.00 bits per heavy atom. The van der Waals surface area contributed by atoms with Gasteiger partial charge >= 0.3 is 5.97 Å². The second-order valence-corrected chi connectivity index (χ2v) is 8.36. The average molecular weight is 352 g/mol. The fourth-order valence-electron chi connectivity index (χ4n) is 2.13. The van der Waals surface area contributed by atoms with Crippen LogP contribution in [-0.2, 0) is 10.0 Å². The smallest absolute Gasteiger partial charge is 0.337 e. The van der Waals surface area contributed by atoms with Crippen LogP contribution < -0.4 is 4.72 Å². The molecule has 1 unspecified atom stereocenters. The number of sulfonamides is 1. The van der Waals surface area contributed by atoms with Gasteiger partial charge in [-0.2, -0.15) is 0 Å². The van der Waals surface area contributed by atoms with Crippen molar-refractivity contribution in [1.29, 1.82) is 0 Å². The van der Waals surface area contributed by atoms with Crippen LogP contribution in [-0.4, -0.2) is 26.0 Å². The molecule has 0 radical (unpaired) electrons. The molecule has 2 N–H and O–H groups in total. The number of carboxylic acids is 1. The molecule has 2 rings (SSSR count). The normalized spacial score (nSPS) is 20.3. The minimum atomic E-state index is -3.90. The fourth-order valence-corrected chi connectivity index (χ4v) is 4.11. The van der Waals surface area contributed by atoms with E-state index in [1.807, 2.05) is 0 Å². The summed E-state index contributed by atoms with van der Waals surface area (Å²) in [5, 5.41) is 8.68. The topological polar surface area (TPSA) is 83.5 Å². The van der Waals surface area contributed by atoms with Crippen LogP contribution in [0.5, 0.6) is 0 Å². The minimum Gasteiger partial charge on any atom is -0.478 e. The van der Waals surface area contributed by atoms with Crippen molar-refractivity contribution >= 4 is 39.2 Å². The lowest BCUT2D eigenvalue weighted by Gasteiger charge is -2.11. The second-order valence-electron chi connectivity index (χ2n) is 5.81. The number of nitrogens with one attached hydrogen (secondary N) is 1. The predicted octanol–water partition coefficient (Wildman–Crippen LogP) is 3.02. The predicted molar refractivity (Wildman–Crippen MR) is 80.5 cm³/mol. The number of carboxylic acid groups (broad SMARTS) is 1. The van der Waals surface area contributed by atoms with Crippen LogP contribution in [0.25, 0.3) is 0 Å². The highest BCUT2D eigenvalue weighted by Crippen LogP contribution is 2.51. The van der Waals surface area contributed by atoms with Crippen LogP contribution in [0.4, 0.5) is 0 Å². The van der Waals surface area contributed by atoms with E-state index in [2.05, 4.69) is 18.6 Å². The number of rotatable bonds is 5. The zero-order chi connectivity index (χ0) is 16.0. The molecule has 116 valence electrons. The number of carbonyl (C=O) groups is 1. The molecule has 0 amide bonds. The first kappa shape index (κ1) is 16.5. The third-order valence-corrected chi connectivity index (χ3v) is 5.95. The molecule has 8 heteroatoms. The first-order valence-corrected chi connectivity index (χ1v) is 8.50. The number of benzene rings is 1. The molecular weight excluding hydrogens is 337 g/mol. The summed E-state index contributed by atoms with van der Waals surface area (Å²) in [7, 11) is -3.90. The average Bonchev–Trinajstić information content (AvgIpc) is 2.97. The van der Waals surface area contributed by atoms with Gasteiger partial charge in [-0.1, -0.05) is 37.0 Å². The number of hydrogen-bond donors (Lipinski definition) is 2. The summed E-state index contributed by atoms with van der Waals surface area (Å²) in [4.78, 5) is 10.7. The van der Waals surface area contributed by atoms with E-state index in [1.54, 1.807) is 0 Å². The van der Waals surface area contributed by atoms with E-state index in [4.69, 9.17) is 28.3 Å². The molecule has 0 aliphatic heterocycles. The maximum atomic E-state index is 12.3. The minimum absolute atomic E-state index is 0.00364. The highest BCUT2D eigenvalue weighted by Gasteiger charge is 2.45. The third kappa shape index (κ3) is 3.51. The molecule has 1 atom stereocenters. The molecule has 5 nitrogen and oxygen atoms in total. The van der Waals surface area contributed by atoms with Crippen molar-refractivity contribution in [3.05, 3.63) is 27.7 Å². The molecule has 1 aromatic carbocycles. The molecule has 1 fully saturated rings. The van der Waals surface area contributed by atoms with Gasteiger partial charge in [-0.3, -0.25) is 0 Å². The summed E-state index contributed by atoms with van der Waals surface area (Å²) in [6.45, 7) is 4.41. The Morgan fingerprint density at radius 3 is 2.48 bits per heavy atom. The van der Waals surface area contributed by atoms with Gasteiger partial charge in [0, 0.05) is 11.6 Å². The lowest BCUT2D eigenvalue weighted by atomic mass is 10.1. The van der Waals surface area contributed by atoms with Crippen LogP contribution >= 0.6 is 23.2 Å². The van der Waals surface area contributed by atoms with E-state index in [1.165, 1.54) is 0 Å². The van der Waals surface area contributed by atoms with Crippen molar-refractivity contribution in [2.45, 2.75) is 25.2 Å². The zero-order valence-corrected chi connectivity index (χ0v) is 13.8. The van der Waals surface area contributed by atoms with Crippen molar-refractivity contribution in [3.63, 3.8) is 0 Å². The summed E-state index contributed by atoms with van der Waals surface area (Å²) in [5.41, 5.74) is -0.205. The summed E-state index contributed by atoms with van der Waals surface area (Å²) >= 11 is 11.7. The quantitative estimate of drug-likeness (QED) is 0.853. The maximum Gasteiger partial charge on any atom is 0.337 e. The number of aromatic carboxylic acids is 1. The van der Waals surface area contributed by atoms with E-state index < -0.39 is 16.0 Å². The molecule has 1 saturated carbocycles. The monoisotopic (exact) mass is 351 g/mol. The molecule has 0 spiro atoms. The van der Waals surface area contributed by atoms with E-state index in [0.29, 0.717) is 6.54 Å². The van der Waals surface area contributed by atoms with E-state index in [9.17, 15) is 13.2 Å². The Morgan fingerprint density at radius 1 is 1.43 bits per heavy atom. The van der Waals surface area contributed by atoms with Crippen LogP contribution in [0.2, 0.25) is 10.0 Å². The summed E-state index contributed by atoms with van der Waals surface area (Å²) < 4.78 is 27.0. The van der Waals surface area contributed by atoms with Gasteiger partial charge in [0.15, 0.2) is 0 Å². The third-order valence-electron chi connectivity index (χ3n) is 3.76. The first-order chi connectivity index (χ1) is 9.54. The standard InChI is InChI=1S/C13H15Cl2NO4S/c1-13(2)5-7(13)6-16-21(19,20)10-4-8(14)3-9(11(10)15)12(17)18/h3-4,7,16H,5-6H2,1-2H3,(H,17,18). The molecule has 1 aliphatic carbocycles. The van der Waals surface area contributed by atoms with Crippen LogP contribution in [0, 0.1) is 11.3 Å². The highest BCUT2D eigenvalue weighted by atomic mass is 35.5. The zero-order valence-electron chi connectivity index (χ0n) is 11.5. The van der Waals surface area contributed by atoms with Gasteiger partial charge < -0.3 is 5.11 Å². The molecule has 21 heavy (non-hydrogen) atoms. The molecule has 1 aromatic rings. The van der Waals surface area contributed by atoms with Crippen LogP contribution in [0.1, 0.15) is 30.6 Å². The lowest BCUT2D eigenvalue weighted by Crippen LogP contribution is -2.27. The van der Waals surface area contributed by atoms with Gasteiger partial charge in [0.05, 0.1) is 10.6 Å². The van der Waals surface area contributed by atoms with E-state index in [-0.39, 0.29) is 31.8 Å². The van der Waals surface area contributed by atoms with Gasteiger partial charge in [-0.25, -0.2) is 17.9 Å². The fraction of sp³-hybridized carbons (Fsp3) is 0.462. The number of hydrogen-bond acceptors (Lipinski definition) is 3. The summed E-state index contributed by atoms with van der Waals surface area (Å²) in [6, 6.07) is 2.27. The van der Waals surface area contributed by atoms with Crippen molar-refractivity contribution in [2.75, 3.05) is 6.54 Å². The molecule has 0 bridgehead atoms. The highest BCUT2D eigenvalue weighted by molar-refractivity contribution is 7.89. The largest absolute Gasteiger partial charge is 0.478 e. The van der Waals surface area contributed by atoms with E-state index in [0.717, 1.165) is 18.6 Å². The first-order valence-electron chi connectivity index (χ1n) is 6.26. The molecule has 0 aromatic heterocycles. The Kier molecular flexibility index (Phi) is 4.28. The van der Waals surface area contributed by atoms with Crippen LogP contribution in [0.15, 0.2) is 17.0 Å². The van der Waals surface area contributed by atoms with Gasteiger partial charge in [-0.15, -0.1) is 0 Å². The molecule has 1 aliphatic rings. The maximum absolute atomic E-state index is 12.3. The van der Waals surface area contributed by atoms with Gasteiger partial charge in [0.2, 0.25) is 10.0 Å². The van der Waals surface area contributed by atoms with Crippen molar-refractivity contribution in [2.24, 2.45) is 11.3 Å². The Bertz CT molecular complexity index is 700. The Balaban J connectivity index is 2.29. The Hall–Kier alpha value is -0.820. The SMILES string of the molecule is CC1(C)CC1CNS(=O)(=O)c1cc(Cl)cc(C(=O)O)c1Cl. The number of halogens is 2. The van der Waals surface area contributed by atoms with Crippen molar-refractivity contribution in [3.8, 4) is 0 Å². The summed E-state index contributed by atoms with van der Waals surface area (Å²) in [6.07, 6.45) is 0.944. The van der Waals surface area contributed by atoms with Gasteiger partial charge in [0.1, 0.15) is 4.90 Å². The van der Waals surface area contributed by atoms with Crippen molar-refractivity contribution in [1.82, 2.24) is 4.72 Å². The van der Waals surface area contributed by atoms with Gasteiger partial charge in [-0.05, 0) is 29.9 Å². The molecule has 0 saturated heterocycles. The summed E-state index contributed by atoms with van der Waals surface area (Å²) in [5.74, 6) is -1.06. The van der Waals surface area contributed by atoms with Crippen molar-refractivity contribution < 1.29 is 18.3 Å². The van der Waals surface area contributed by atoms with E-state index >= 15 is 0 Å². The molecular formula is C13H15Cl2NO4S.